The first-order chi connectivity index (χ1) is 12.9. The van der Waals surface area contributed by atoms with E-state index in [0.29, 0.717) is 23.1 Å². The Labute approximate surface area is 154 Å². The Morgan fingerprint density at radius 3 is 2.70 bits per heavy atom. The molecule has 0 spiro atoms. The Hall–Kier alpha value is -2.66. The molecule has 4 rings (SSSR count). The molecule has 0 aliphatic carbocycles. The van der Waals surface area contributed by atoms with Gasteiger partial charge in [-0.15, -0.1) is 0 Å². The molecule has 2 aliphatic rings. The number of carbonyl (C=O) groups excluding carboxylic acids is 1. The number of nitrogens with one attached hydrogen (secondary N) is 1. The summed E-state index contributed by atoms with van der Waals surface area (Å²) >= 11 is 0. The maximum atomic E-state index is 15.1. The van der Waals surface area contributed by atoms with Crippen LogP contribution in [0.1, 0.15) is 18.9 Å². The molecule has 9 nitrogen and oxygen atoms in total. The molecule has 11 heteroatoms. The summed E-state index contributed by atoms with van der Waals surface area (Å²) in [5.41, 5.74) is -0.0450. The predicted molar refractivity (Wildman–Crippen MR) is 92.8 cm³/mol. The number of phenols is 1. The lowest BCUT2D eigenvalue weighted by Gasteiger charge is -2.22. The molecule has 0 bridgehead atoms. The number of anilines is 1. The molecular formula is C16H17FN4O5S. The molecule has 2 saturated heterocycles. The lowest BCUT2D eigenvalue weighted by atomic mass is 10.1. The standard InChI is InChI=1S/C16H17FN4O5S/c17-15-12(10-7-18-20(8-10)11-3-5-26-6-4-11)1-2-13(22)16(15)21-9-14(23)19-27(21,24)25/h1-2,7-8,11,22H,3-6,9H2,(H,19,23). The Morgan fingerprint density at radius 1 is 1.30 bits per heavy atom. The average molecular weight is 396 g/mol. The normalized spacial score (nSPS) is 20.0. The number of nitrogens with zero attached hydrogens (tertiary/aromatic N) is 3. The molecule has 2 aliphatic heterocycles. The van der Waals surface area contributed by atoms with E-state index in [4.69, 9.17) is 4.74 Å². The SMILES string of the molecule is O=C1CN(c2c(O)ccc(-c3cnn(C4CCOCC4)c3)c2F)S(=O)(=O)N1. The van der Waals surface area contributed by atoms with E-state index in [2.05, 4.69) is 5.10 Å². The highest BCUT2D eigenvalue weighted by Crippen LogP contribution is 2.38. The fourth-order valence-electron chi connectivity index (χ4n) is 3.29. The predicted octanol–water partition coefficient (Wildman–Crippen LogP) is 0.927. The van der Waals surface area contributed by atoms with Gasteiger partial charge in [-0.2, -0.15) is 13.5 Å². The second kappa shape index (κ2) is 6.50. The van der Waals surface area contributed by atoms with Crippen molar-refractivity contribution in [2.24, 2.45) is 0 Å². The molecule has 144 valence electrons. The number of benzene rings is 1. The first-order valence-electron chi connectivity index (χ1n) is 8.34. The van der Waals surface area contributed by atoms with Gasteiger partial charge in [0.15, 0.2) is 5.82 Å². The fourth-order valence-corrected chi connectivity index (χ4v) is 4.45. The van der Waals surface area contributed by atoms with Crippen LogP contribution in [0.15, 0.2) is 24.5 Å². The number of aromatic hydroxyl groups is 1. The number of rotatable bonds is 3. The molecule has 2 aromatic rings. The van der Waals surface area contributed by atoms with E-state index in [1.54, 1.807) is 15.6 Å². The van der Waals surface area contributed by atoms with Gasteiger partial charge in [0.25, 0.3) is 5.91 Å². The zero-order valence-electron chi connectivity index (χ0n) is 14.1. The van der Waals surface area contributed by atoms with E-state index in [1.165, 1.54) is 18.3 Å². The third kappa shape index (κ3) is 3.12. The van der Waals surface area contributed by atoms with Gasteiger partial charge >= 0.3 is 10.2 Å². The fraction of sp³-hybridized carbons (Fsp3) is 0.375. The third-order valence-corrected chi connectivity index (χ3v) is 6.02. The number of halogens is 1. The number of amides is 1. The van der Waals surface area contributed by atoms with Crippen LogP contribution in [0.2, 0.25) is 0 Å². The number of ether oxygens (including phenoxy) is 1. The van der Waals surface area contributed by atoms with Crippen LogP contribution in [0.25, 0.3) is 11.1 Å². The summed E-state index contributed by atoms with van der Waals surface area (Å²) in [5.74, 6) is -2.32. The van der Waals surface area contributed by atoms with Gasteiger partial charge in [0.05, 0.1) is 12.2 Å². The van der Waals surface area contributed by atoms with E-state index < -0.39 is 39.9 Å². The molecule has 3 heterocycles. The quantitative estimate of drug-likeness (QED) is 0.798. The van der Waals surface area contributed by atoms with Gasteiger partial charge in [-0.25, -0.2) is 13.4 Å². The Morgan fingerprint density at radius 2 is 2.04 bits per heavy atom. The summed E-state index contributed by atoms with van der Waals surface area (Å²) in [6.45, 7) is 0.661. The minimum atomic E-state index is -4.25. The largest absolute Gasteiger partial charge is 0.506 e. The van der Waals surface area contributed by atoms with Crippen molar-refractivity contribution in [2.75, 3.05) is 24.1 Å². The maximum Gasteiger partial charge on any atom is 0.326 e. The van der Waals surface area contributed by atoms with Crippen molar-refractivity contribution < 1.29 is 27.4 Å². The summed E-state index contributed by atoms with van der Waals surface area (Å²) in [4.78, 5) is 11.4. The van der Waals surface area contributed by atoms with Crippen LogP contribution in [0.3, 0.4) is 0 Å². The van der Waals surface area contributed by atoms with Crippen molar-refractivity contribution in [3.8, 4) is 16.9 Å². The molecular weight excluding hydrogens is 379 g/mol. The summed E-state index contributed by atoms with van der Waals surface area (Å²) < 4.78 is 48.5. The number of hydrogen-bond acceptors (Lipinski definition) is 6. The lowest BCUT2D eigenvalue weighted by molar-refractivity contribution is -0.117. The van der Waals surface area contributed by atoms with Crippen molar-refractivity contribution in [1.82, 2.24) is 14.5 Å². The van der Waals surface area contributed by atoms with Crippen molar-refractivity contribution in [3.05, 3.63) is 30.3 Å². The molecule has 1 aromatic carbocycles. The summed E-state index contributed by atoms with van der Waals surface area (Å²) in [5, 5.41) is 14.3. The summed E-state index contributed by atoms with van der Waals surface area (Å²) in [6.07, 6.45) is 4.75. The van der Waals surface area contributed by atoms with Gasteiger partial charge in [0.1, 0.15) is 18.0 Å². The van der Waals surface area contributed by atoms with E-state index >= 15 is 4.39 Å². The molecule has 0 saturated carbocycles. The zero-order chi connectivity index (χ0) is 19.2. The minimum absolute atomic E-state index is 0.0793. The second-order valence-electron chi connectivity index (χ2n) is 6.38. The summed E-state index contributed by atoms with van der Waals surface area (Å²) in [6, 6.07) is 2.68. The lowest BCUT2D eigenvalue weighted by Crippen LogP contribution is -2.30. The first-order valence-corrected chi connectivity index (χ1v) is 9.78. The molecule has 27 heavy (non-hydrogen) atoms. The Bertz CT molecular complexity index is 1000. The van der Waals surface area contributed by atoms with Gasteiger partial charge in [-0.1, -0.05) is 0 Å². The van der Waals surface area contributed by atoms with E-state index in [9.17, 15) is 18.3 Å². The molecule has 2 N–H and O–H groups in total. The van der Waals surface area contributed by atoms with Crippen LogP contribution in [-0.4, -0.2) is 49.0 Å². The third-order valence-electron chi connectivity index (χ3n) is 4.64. The van der Waals surface area contributed by atoms with Gasteiger partial charge in [0.2, 0.25) is 0 Å². The van der Waals surface area contributed by atoms with Crippen LogP contribution < -0.4 is 9.03 Å². The average Bonchev–Trinajstić information content (AvgIpc) is 3.20. The van der Waals surface area contributed by atoms with Gasteiger partial charge in [-0.05, 0) is 25.0 Å². The monoisotopic (exact) mass is 396 g/mol. The zero-order valence-corrected chi connectivity index (χ0v) is 14.9. The van der Waals surface area contributed by atoms with E-state index in [1.807, 2.05) is 0 Å². The molecule has 1 aromatic heterocycles. The van der Waals surface area contributed by atoms with Gasteiger partial charge in [0, 0.05) is 30.5 Å². The van der Waals surface area contributed by atoms with E-state index in [0.717, 1.165) is 12.8 Å². The van der Waals surface area contributed by atoms with Crippen molar-refractivity contribution in [1.29, 1.82) is 0 Å². The molecule has 0 unspecified atom stereocenters. The topological polar surface area (TPSA) is 114 Å². The van der Waals surface area contributed by atoms with Crippen LogP contribution in [0.4, 0.5) is 10.1 Å². The van der Waals surface area contributed by atoms with Gasteiger partial charge in [-0.3, -0.25) is 9.48 Å². The molecule has 0 radical (unpaired) electrons. The van der Waals surface area contributed by atoms with Gasteiger partial charge < -0.3 is 9.84 Å². The highest BCUT2D eigenvalue weighted by Gasteiger charge is 2.38. The molecule has 0 atom stereocenters. The maximum absolute atomic E-state index is 15.1. The minimum Gasteiger partial charge on any atom is -0.506 e. The Kier molecular flexibility index (Phi) is 4.27. The smallest absolute Gasteiger partial charge is 0.326 e. The van der Waals surface area contributed by atoms with Crippen molar-refractivity contribution in [2.45, 2.75) is 18.9 Å². The Balaban J connectivity index is 1.73. The van der Waals surface area contributed by atoms with Crippen LogP contribution >= 0.6 is 0 Å². The van der Waals surface area contributed by atoms with Crippen LogP contribution in [-0.2, 0) is 19.7 Å². The van der Waals surface area contributed by atoms with Crippen molar-refractivity contribution >= 4 is 21.8 Å². The second-order valence-corrected chi connectivity index (χ2v) is 7.98. The first kappa shape index (κ1) is 17.7. The number of carbonyl (C=O) groups is 1. The molecule has 2 fully saturated rings. The number of hydrogen-bond donors (Lipinski definition) is 2. The van der Waals surface area contributed by atoms with Crippen LogP contribution in [0.5, 0.6) is 5.75 Å². The number of phenolic OH excluding ortho intramolecular Hbond substituents is 1. The number of aromatic nitrogens is 2. The highest BCUT2D eigenvalue weighted by atomic mass is 32.2. The summed E-state index contributed by atoms with van der Waals surface area (Å²) in [7, 11) is -4.25. The van der Waals surface area contributed by atoms with Crippen LogP contribution in [0, 0.1) is 5.82 Å². The van der Waals surface area contributed by atoms with E-state index in [-0.39, 0.29) is 11.6 Å². The molecule has 1 amide bonds. The highest BCUT2D eigenvalue weighted by molar-refractivity contribution is 7.92. The van der Waals surface area contributed by atoms with Crippen molar-refractivity contribution in [3.63, 3.8) is 0 Å².